The number of esters is 1. The number of rotatable bonds is 1. The number of nitrogens with one attached hydrogen (secondary N) is 1. The van der Waals surface area contributed by atoms with E-state index >= 15 is 0 Å². The molecule has 3 saturated carbocycles. The quantitative estimate of drug-likeness (QED) is 0.758. The van der Waals surface area contributed by atoms with Crippen molar-refractivity contribution in [2.45, 2.75) is 55.2 Å². The molecule has 3 aliphatic heterocycles. The number of carbonyl (C=O) groups excluding carboxylic acids is 1. The van der Waals surface area contributed by atoms with Gasteiger partial charge in [0.15, 0.2) is 0 Å². The molecular formula is C21H26N2O3. The first-order valence-electron chi connectivity index (χ1n) is 9.98. The molecule has 5 heteroatoms. The molecule has 3 spiro atoms. The fourth-order valence-corrected chi connectivity index (χ4v) is 8.07. The summed E-state index contributed by atoms with van der Waals surface area (Å²) in [5, 5.41) is 16.3. The normalized spacial score (nSPS) is 47.7. The summed E-state index contributed by atoms with van der Waals surface area (Å²) in [5.41, 5.74) is 0.380. The third-order valence-electron chi connectivity index (χ3n) is 8.81. The molecular weight excluding hydrogens is 328 g/mol. The monoisotopic (exact) mass is 354 g/mol. The zero-order chi connectivity index (χ0) is 17.8. The fourth-order valence-electron chi connectivity index (χ4n) is 8.07. The van der Waals surface area contributed by atoms with Crippen molar-refractivity contribution in [1.29, 1.82) is 0 Å². The molecule has 5 atom stereocenters. The van der Waals surface area contributed by atoms with Gasteiger partial charge < -0.3 is 15.2 Å². The fraction of sp³-hybridized carbons (Fsp3) is 0.667. The van der Waals surface area contributed by atoms with Crippen LogP contribution in [-0.4, -0.2) is 47.4 Å². The number of aliphatic hydroxyl groups is 1. The van der Waals surface area contributed by atoms with E-state index in [0.29, 0.717) is 0 Å². The van der Waals surface area contributed by atoms with Gasteiger partial charge in [-0.1, -0.05) is 18.2 Å². The Hall–Kier alpha value is -1.59. The van der Waals surface area contributed by atoms with Crippen LogP contribution in [0.15, 0.2) is 24.3 Å². The van der Waals surface area contributed by atoms with Crippen LogP contribution in [0.25, 0.3) is 0 Å². The van der Waals surface area contributed by atoms with Crippen LogP contribution in [0.5, 0.6) is 0 Å². The number of anilines is 1. The van der Waals surface area contributed by atoms with Crippen molar-refractivity contribution in [3.8, 4) is 0 Å². The van der Waals surface area contributed by atoms with Gasteiger partial charge in [0.1, 0.15) is 5.72 Å². The van der Waals surface area contributed by atoms with E-state index in [0.717, 1.165) is 57.3 Å². The number of ether oxygens (including phenoxy) is 1. The first kappa shape index (κ1) is 15.5. The molecule has 138 valence electrons. The molecule has 2 saturated heterocycles. The van der Waals surface area contributed by atoms with E-state index in [4.69, 9.17) is 4.74 Å². The van der Waals surface area contributed by atoms with E-state index in [1.165, 1.54) is 12.7 Å². The maximum Gasteiger partial charge on any atom is 0.311 e. The Morgan fingerprint density at radius 3 is 2.92 bits per heavy atom. The molecule has 1 aromatic carbocycles. The Labute approximate surface area is 153 Å². The van der Waals surface area contributed by atoms with Crippen LogP contribution in [0.4, 0.5) is 5.69 Å². The summed E-state index contributed by atoms with van der Waals surface area (Å²) in [7, 11) is 1.50. The predicted octanol–water partition coefficient (Wildman–Crippen LogP) is 2.25. The number of hydrogen-bond donors (Lipinski definition) is 2. The van der Waals surface area contributed by atoms with Crippen molar-refractivity contribution in [2.75, 3.05) is 25.5 Å². The molecule has 5 nitrogen and oxygen atoms in total. The number of nitrogens with zero attached hydrogens (tertiary/aromatic N) is 1. The summed E-state index contributed by atoms with van der Waals surface area (Å²) < 4.78 is 5.28. The standard InChI is InChI=1S/C21H26N2O3/c1-26-17(24)15-13-18-7-4-11-23-12-10-19(21(18,23)25)14-5-2-3-6-16(14)22-20(15,19)9-8-18/h2-3,5-6,15,22,25H,4,7-13H2,1H3/t15-,18-,19+,20-,21-/m1/s1. The molecule has 6 aliphatic rings. The van der Waals surface area contributed by atoms with Crippen molar-refractivity contribution in [1.82, 2.24) is 4.90 Å². The Kier molecular flexibility index (Phi) is 2.65. The molecule has 0 radical (unpaired) electrons. The van der Waals surface area contributed by atoms with E-state index < -0.39 is 16.7 Å². The summed E-state index contributed by atoms with van der Waals surface area (Å²) in [5.74, 6) is -0.318. The zero-order valence-corrected chi connectivity index (χ0v) is 15.3. The molecule has 2 bridgehead atoms. The Bertz CT molecular complexity index is 827. The van der Waals surface area contributed by atoms with Crippen molar-refractivity contribution in [3.63, 3.8) is 0 Å². The number of methoxy groups -OCH3 is 1. The van der Waals surface area contributed by atoms with Crippen LogP contribution in [0.2, 0.25) is 0 Å². The Morgan fingerprint density at radius 1 is 1.23 bits per heavy atom. The molecule has 5 fully saturated rings. The lowest BCUT2D eigenvalue weighted by Crippen LogP contribution is -2.83. The van der Waals surface area contributed by atoms with Crippen molar-refractivity contribution in [2.24, 2.45) is 11.3 Å². The van der Waals surface area contributed by atoms with E-state index in [2.05, 4.69) is 28.4 Å². The molecule has 1 aromatic rings. The van der Waals surface area contributed by atoms with Crippen molar-refractivity contribution >= 4 is 11.7 Å². The maximum absolute atomic E-state index is 12.9. The lowest BCUT2D eigenvalue weighted by molar-refractivity contribution is -0.297. The summed E-state index contributed by atoms with van der Waals surface area (Å²) in [6, 6.07) is 8.41. The SMILES string of the molecule is COC(=O)[C@H]1C[C@@]23CCCN4CC[C@@]5(c6ccccc6N[C@]15CC2)[C@@]43O. The van der Waals surface area contributed by atoms with E-state index in [9.17, 15) is 9.90 Å². The third kappa shape index (κ3) is 1.26. The van der Waals surface area contributed by atoms with Gasteiger partial charge in [0.2, 0.25) is 0 Å². The molecule has 0 aromatic heterocycles. The third-order valence-corrected chi connectivity index (χ3v) is 8.81. The minimum absolute atomic E-state index is 0.116. The second kappa shape index (κ2) is 4.45. The molecule has 0 unspecified atom stereocenters. The topological polar surface area (TPSA) is 61.8 Å². The van der Waals surface area contributed by atoms with Gasteiger partial charge in [-0.25, -0.2) is 0 Å². The van der Waals surface area contributed by atoms with Crippen LogP contribution in [0, 0.1) is 11.3 Å². The number of fused-ring (bicyclic) bond motifs is 3. The smallest absolute Gasteiger partial charge is 0.311 e. The lowest BCUT2D eigenvalue weighted by atomic mass is 9.37. The first-order valence-corrected chi connectivity index (χ1v) is 9.98. The van der Waals surface area contributed by atoms with Gasteiger partial charge in [-0.2, -0.15) is 0 Å². The van der Waals surface area contributed by atoms with Gasteiger partial charge in [0, 0.05) is 24.2 Å². The molecule has 7 rings (SSSR count). The largest absolute Gasteiger partial charge is 0.469 e. The minimum atomic E-state index is -0.860. The first-order chi connectivity index (χ1) is 12.5. The Morgan fingerprint density at radius 2 is 2.08 bits per heavy atom. The molecule has 3 heterocycles. The highest BCUT2D eigenvalue weighted by molar-refractivity contribution is 5.81. The van der Waals surface area contributed by atoms with Gasteiger partial charge in [-0.05, 0) is 50.2 Å². The highest BCUT2D eigenvalue weighted by Gasteiger charge is 2.85. The summed E-state index contributed by atoms with van der Waals surface area (Å²) in [6.45, 7) is 1.87. The number of piperidine rings is 1. The highest BCUT2D eigenvalue weighted by atomic mass is 16.5. The number of hydrogen-bond acceptors (Lipinski definition) is 5. The summed E-state index contributed by atoms with van der Waals surface area (Å²) in [6.07, 6.45) is 5.66. The van der Waals surface area contributed by atoms with Crippen LogP contribution in [0.1, 0.15) is 44.1 Å². The van der Waals surface area contributed by atoms with Crippen LogP contribution >= 0.6 is 0 Å². The van der Waals surface area contributed by atoms with Crippen LogP contribution < -0.4 is 5.32 Å². The molecule has 26 heavy (non-hydrogen) atoms. The zero-order valence-electron chi connectivity index (χ0n) is 15.3. The van der Waals surface area contributed by atoms with Gasteiger partial charge >= 0.3 is 5.97 Å². The van der Waals surface area contributed by atoms with Crippen molar-refractivity contribution in [3.05, 3.63) is 29.8 Å². The van der Waals surface area contributed by atoms with E-state index in [-0.39, 0.29) is 17.3 Å². The average Bonchev–Trinajstić information content (AvgIpc) is 3.14. The molecule has 3 aliphatic carbocycles. The van der Waals surface area contributed by atoms with E-state index in [1.54, 1.807) is 0 Å². The summed E-state index contributed by atoms with van der Waals surface area (Å²) in [4.78, 5) is 15.3. The lowest BCUT2D eigenvalue weighted by Gasteiger charge is -2.72. The average molecular weight is 354 g/mol. The van der Waals surface area contributed by atoms with Crippen LogP contribution in [-0.2, 0) is 14.9 Å². The van der Waals surface area contributed by atoms with Crippen LogP contribution in [0.3, 0.4) is 0 Å². The molecule has 0 amide bonds. The highest BCUT2D eigenvalue weighted by Crippen LogP contribution is 2.77. The van der Waals surface area contributed by atoms with Gasteiger partial charge in [-0.15, -0.1) is 0 Å². The number of para-hydroxylation sites is 1. The predicted molar refractivity (Wildman–Crippen MR) is 96.6 cm³/mol. The second-order valence-corrected chi connectivity index (χ2v) is 9.12. The van der Waals surface area contributed by atoms with Gasteiger partial charge in [-0.3, -0.25) is 9.69 Å². The maximum atomic E-state index is 12.9. The molecule has 2 N–H and O–H groups in total. The Balaban J connectivity index is 1.69. The minimum Gasteiger partial charge on any atom is -0.469 e. The number of benzene rings is 1. The van der Waals surface area contributed by atoms with Gasteiger partial charge in [0.25, 0.3) is 0 Å². The number of carbonyl (C=O) groups is 1. The van der Waals surface area contributed by atoms with Crippen molar-refractivity contribution < 1.29 is 14.6 Å². The second-order valence-electron chi connectivity index (χ2n) is 9.12. The van der Waals surface area contributed by atoms with Gasteiger partial charge in [0.05, 0.1) is 24.0 Å². The summed E-state index contributed by atoms with van der Waals surface area (Å²) >= 11 is 0. The van der Waals surface area contributed by atoms with E-state index in [1.807, 2.05) is 6.07 Å².